The number of carbonyl (C=O) groups is 1. The molecule has 1 amide bonds. The van der Waals surface area contributed by atoms with Crippen molar-refractivity contribution in [2.24, 2.45) is 5.29 Å². The summed E-state index contributed by atoms with van der Waals surface area (Å²) in [6.07, 6.45) is 0. The Balaban J connectivity index is 3.04. The molecule has 0 unspecified atom stereocenters. The molecule has 13 heavy (non-hydrogen) atoms. The number of rotatable bonds is 2. The maximum atomic E-state index is 10.9. The van der Waals surface area contributed by atoms with Crippen molar-refractivity contribution in [2.45, 2.75) is 6.92 Å². The number of anilines is 1. The van der Waals surface area contributed by atoms with Crippen LogP contribution < -0.4 is 5.01 Å². The van der Waals surface area contributed by atoms with Gasteiger partial charge < -0.3 is 0 Å². The van der Waals surface area contributed by atoms with E-state index in [4.69, 9.17) is 11.6 Å². The summed E-state index contributed by atoms with van der Waals surface area (Å²) in [5.74, 6) is -0.447. The minimum atomic E-state index is -0.447. The molecule has 0 radical (unpaired) electrons. The molecule has 0 aliphatic rings. The molecule has 0 bridgehead atoms. The Labute approximate surface area is 80.1 Å². The number of nitrogens with zero attached hydrogens (tertiary/aromatic N) is 2. The van der Waals surface area contributed by atoms with E-state index in [0.29, 0.717) is 10.7 Å². The molecule has 5 heteroatoms. The lowest BCUT2D eigenvalue weighted by molar-refractivity contribution is -0.116. The van der Waals surface area contributed by atoms with E-state index in [1.54, 1.807) is 18.2 Å². The molecule has 0 N–H and O–H groups in total. The molecule has 0 spiro atoms. The first-order valence-electron chi connectivity index (χ1n) is 3.54. The SMILES string of the molecule is CC(=O)N(N=O)c1cccc(Cl)c1. The van der Waals surface area contributed by atoms with Crippen LogP contribution in [0, 0.1) is 4.91 Å². The Bertz CT molecular complexity index is 341. The van der Waals surface area contributed by atoms with Crippen molar-refractivity contribution >= 4 is 23.2 Å². The van der Waals surface area contributed by atoms with Crippen molar-refractivity contribution in [2.75, 3.05) is 5.01 Å². The zero-order valence-electron chi connectivity index (χ0n) is 6.90. The summed E-state index contributed by atoms with van der Waals surface area (Å²) in [6.45, 7) is 1.25. The van der Waals surface area contributed by atoms with Crippen molar-refractivity contribution in [3.63, 3.8) is 0 Å². The van der Waals surface area contributed by atoms with Gasteiger partial charge in [0.15, 0.2) is 0 Å². The van der Waals surface area contributed by atoms with E-state index in [2.05, 4.69) is 5.29 Å². The van der Waals surface area contributed by atoms with Crippen LogP contribution in [0.3, 0.4) is 0 Å². The number of amides is 1. The summed E-state index contributed by atoms with van der Waals surface area (Å²) in [5.41, 5.74) is 0.370. The molecule has 1 rings (SSSR count). The second-order valence-corrected chi connectivity index (χ2v) is 2.83. The van der Waals surface area contributed by atoms with Gasteiger partial charge in [0.2, 0.25) is 5.91 Å². The Kier molecular flexibility index (Phi) is 2.97. The average molecular weight is 199 g/mol. The van der Waals surface area contributed by atoms with Crippen LogP contribution in [0.1, 0.15) is 6.92 Å². The van der Waals surface area contributed by atoms with Crippen LogP contribution in [0.4, 0.5) is 5.69 Å². The maximum Gasteiger partial charge on any atom is 0.246 e. The Hall–Kier alpha value is -1.42. The first kappa shape index (κ1) is 9.67. The largest absolute Gasteiger partial charge is 0.273 e. The quantitative estimate of drug-likeness (QED) is 0.541. The standard InChI is InChI=1S/C8H7ClN2O2/c1-6(12)11(10-13)8-4-2-3-7(9)5-8/h2-5H,1H3. The molecular formula is C8H7ClN2O2. The van der Waals surface area contributed by atoms with Gasteiger partial charge in [-0.15, -0.1) is 4.91 Å². The van der Waals surface area contributed by atoms with Crippen molar-refractivity contribution in [3.05, 3.63) is 34.2 Å². The predicted molar refractivity (Wildman–Crippen MR) is 50.4 cm³/mol. The molecule has 1 aromatic carbocycles. The first-order valence-corrected chi connectivity index (χ1v) is 3.92. The van der Waals surface area contributed by atoms with Gasteiger partial charge in [0.05, 0.1) is 11.0 Å². The van der Waals surface area contributed by atoms with E-state index < -0.39 is 5.91 Å². The molecule has 0 aliphatic heterocycles. The second kappa shape index (κ2) is 4.00. The lowest BCUT2D eigenvalue weighted by Crippen LogP contribution is -2.20. The van der Waals surface area contributed by atoms with E-state index in [1.807, 2.05) is 0 Å². The number of halogens is 1. The van der Waals surface area contributed by atoms with Gasteiger partial charge in [0.1, 0.15) is 0 Å². The molecule has 0 saturated heterocycles. The predicted octanol–water partition coefficient (Wildman–Crippen LogP) is 2.37. The van der Waals surface area contributed by atoms with Crippen LogP contribution in [0.2, 0.25) is 5.02 Å². The summed E-state index contributed by atoms with van der Waals surface area (Å²) in [5, 5.41) is 3.77. The van der Waals surface area contributed by atoms with Gasteiger partial charge in [-0.2, -0.15) is 5.01 Å². The van der Waals surface area contributed by atoms with Crippen molar-refractivity contribution in [1.82, 2.24) is 0 Å². The van der Waals surface area contributed by atoms with Gasteiger partial charge in [-0.1, -0.05) is 17.7 Å². The normalized spacial score (nSPS) is 9.38. The fraction of sp³-hybridized carbons (Fsp3) is 0.125. The van der Waals surface area contributed by atoms with Crippen LogP contribution >= 0.6 is 11.6 Å². The highest BCUT2D eigenvalue weighted by atomic mass is 35.5. The highest BCUT2D eigenvalue weighted by Crippen LogP contribution is 2.19. The van der Waals surface area contributed by atoms with Gasteiger partial charge in [-0.3, -0.25) is 4.79 Å². The number of benzene rings is 1. The number of hydrogen-bond acceptors (Lipinski definition) is 3. The molecule has 0 atom stereocenters. The third kappa shape index (κ3) is 2.26. The lowest BCUT2D eigenvalue weighted by Gasteiger charge is -2.10. The van der Waals surface area contributed by atoms with Crippen molar-refractivity contribution in [3.8, 4) is 0 Å². The third-order valence-electron chi connectivity index (χ3n) is 1.43. The van der Waals surface area contributed by atoms with Crippen molar-refractivity contribution < 1.29 is 4.79 Å². The van der Waals surface area contributed by atoms with Gasteiger partial charge in [0, 0.05) is 11.9 Å². The molecule has 0 aliphatic carbocycles. The van der Waals surface area contributed by atoms with Crippen LogP contribution in [0.5, 0.6) is 0 Å². The monoisotopic (exact) mass is 198 g/mol. The van der Waals surface area contributed by atoms with Gasteiger partial charge in [0.25, 0.3) is 0 Å². The van der Waals surface area contributed by atoms with Crippen molar-refractivity contribution in [1.29, 1.82) is 0 Å². The van der Waals surface area contributed by atoms with Crippen LogP contribution in [0.25, 0.3) is 0 Å². The Morgan fingerprint density at radius 2 is 2.23 bits per heavy atom. The van der Waals surface area contributed by atoms with E-state index in [-0.39, 0.29) is 0 Å². The third-order valence-corrected chi connectivity index (χ3v) is 1.67. The highest BCUT2D eigenvalue weighted by Gasteiger charge is 2.11. The summed E-state index contributed by atoms with van der Waals surface area (Å²) >= 11 is 5.67. The fourth-order valence-corrected chi connectivity index (χ4v) is 1.08. The molecule has 0 fully saturated rings. The second-order valence-electron chi connectivity index (χ2n) is 2.39. The van der Waals surface area contributed by atoms with Crippen LogP contribution in [-0.4, -0.2) is 5.91 Å². The minimum absolute atomic E-state index is 0.370. The lowest BCUT2D eigenvalue weighted by atomic mass is 10.3. The minimum Gasteiger partial charge on any atom is -0.273 e. The van der Waals surface area contributed by atoms with Crippen LogP contribution in [-0.2, 0) is 4.79 Å². The number of hydrogen-bond donors (Lipinski definition) is 0. The molecule has 4 nitrogen and oxygen atoms in total. The zero-order valence-corrected chi connectivity index (χ0v) is 7.65. The Morgan fingerprint density at radius 3 is 2.69 bits per heavy atom. The number of carbonyl (C=O) groups excluding carboxylic acids is 1. The molecule has 1 aromatic rings. The topological polar surface area (TPSA) is 49.7 Å². The molecular weight excluding hydrogens is 192 g/mol. The van der Waals surface area contributed by atoms with Gasteiger partial charge in [-0.25, -0.2) is 0 Å². The molecule has 0 aromatic heterocycles. The number of nitroso groups, excluding NO2 is 1. The average Bonchev–Trinajstić information content (AvgIpc) is 2.04. The van der Waals surface area contributed by atoms with E-state index >= 15 is 0 Å². The van der Waals surface area contributed by atoms with Gasteiger partial charge in [-0.05, 0) is 18.2 Å². The summed E-state index contributed by atoms with van der Waals surface area (Å²) in [4.78, 5) is 21.1. The molecule has 68 valence electrons. The van der Waals surface area contributed by atoms with E-state index in [9.17, 15) is 9.70 Å². The highest BCUT2D eigenvalue weighted by molar-refractivity contribution is 6.30. The van der Waals surface area contributed by atoms with Gasteiger partial charge >= 0.3 is 0 Å². The summed E-state index contributed by atoms with van der Waals surface area (Å²) in [6, 6.07) is 6.35. The molecule has 0 saturated carbocycles. The zero-order chi connectivity index (χ0) is 9.84. The van der Waals surface area contributed by atoms with Crippen LogP contribution in [0.15, 0.2) is 29.6 Å². The fourth-order valence-electron chi connectivity index (χ4n) is 0.894. The van der Waals surface area contributed by atoms with E-state index in [0.717, 1.165) is 5.01 Å². The molecule has 0 heterocycles. The summed E-state index contributed by atoms with van der Waals surface area (Å²) in [7, 11) is 0. The first-order chi connectivity index (χ1) is 6.15. The van der Waals surface area contributed by atoms with E-state index in [1.165, 1.54) is 13.0 Å². The Morgan fingerprint density at radius 1 is 1.54 bits per heavy atom. The smallest absolute Gasteiger partial charge is 0.246 e. The maximum absolute atomic E-state index is 10.9. The summed E-state index contributed by atoms with van der Waals surface area (Å²) < 4.78 is 0.